The van der Waals surface area contributed by atoms with Crippen molar-refractivity contribution in [1.82, 2.24) is 25.6 Å². The molecule has 0 aliphatic heterocycles. The maximum absolute atomic E-state index is 12.4. The lowest BCUT2D eigenvalue weighted by Crippen LogP contribution is -2.38. The van der Waals surface area contributed by atoms with Crippen molar-refractivity contribution in [2.24, 2.45) is 0 Å². The van der Waals surface area contributed by atoms with Crippen molar-refractivity contribution in [3.63, 3.8) is 0 Å². The van der Waals surface area contributed by atoms with E-state index in [4.69, 9.17) is 10.1 Å². The number of nitrogens with one attached hydrogen (secondary N) is 3. The number of aromatic nitrogens is 3. The lowest BCUT2D eigenvalue weighted by atomic mass is 9.99. The SMILES string of the molecule is O=C(O)CCNC(=O)N[C@@H]1c2ccccc2-c2c(-c3nc4ccncc4[nH]3)cccc21. The van der Waals surface area contributed by atoms with Crippen LogP contribution in [0.3, 0.4) is 0 Å². The maximum atomic E-state index is 12.4. The summed E-state index contributed by atoms with van der Waals surface area (Å²) in [5.41, 5.74) is 6.62. The Hall–Kier alpha value is -4.20. The first-order valence-electron chi connectivity index (χ1n) is 9.90. The van der Waals surface area contributed by atoms with E-state index in [9.17, 15) is 9.59 Å². The van der Waals surface area contributed by atoms with Gasteiger partial charge in [-0.1, -0.05) is 42.5 Å². The minimum atomic E-state index is -0.956. The molecule has 4 N–H and O–H groups in total. The van der Waals surface area contributed by atoms with Crippen LogP contribution in [0.4, 0.5) is 4.79 Å². The molecule has 2 aromatic heterocycles. The zero-order valence-electron chi connectivity index (χ0n) is 16.4. The zero-order valence-corrected chi connectivity index (χ0v) is 16.4. The number of H-pyrrole nitrogens is 1. The summed E-state index contributed by atoms with van der Waals surface area (Å²) >= 11 is 0. The van der Waals surface area contributed by atoms with Gasteiger partial charge in [-0.05, 0) is 28.3 Å². The fourth-order valence-corrected chi connectivity index (χ4v) is 4.06. The summed E-state index contributed by atoms with van der Waals surface area (Å²) in [6, 6.07) is 15.0. The summed E-state index contributed by atoms with van der Waals surface area (Å²) in [6.45, 7) is 0.0649. The highest BCUT2D eigenvalue weighted by Crippen LogP contribution is 2.47. The fraction of sp³-hybridized carbons (Fsp3) is 0.130. The number of rotatable bonds is 5. The van der Waals surface area contributed by atoms with E-state index in [-0.39, 0.29) is 19.0 Å². The van der Waals surface area contributed by atoms with Crippen molar-refractivity contribution in [3.05, 3.63) is 72.1 Å². The second-order valence-electron chi connectivity index (χ2n) is 7.31. The number of carbonyl (C=O) groups is 2. The number of benzene rings is 2. The molecule has 154 valence electrons. The van der Waals surface area contributed by atoms with Crippen LogP contribution in [0.1, 0.15) is 23.6 Å². The number of imidazole rings is 1. The Morgan fingerprint density at radius 1 is 1.03 bits per heavy atom. The number of hydrogen-bond donors (Lipinski definition) is 4. The number of aromatic amines is 1. The molecule has 1 aliphatic rings. The van der Waals surface area contributed by atoms with Crippen LogP contribution in [-0.2, 0) is 4.79 Å². The first-order valence-corrected chi connectivity index (χ1v) is 9.90. The third kappa shape index (κ3) is 3.38. The van der Waals surface area contributed by atoms with E-state index in [2.05, 4.69) is 20.6 Å². The number of carboxylic acid groups (broad SMARTS) is 1. The third-order valence-corrected chi connectivity index (χ3v) is 5.39. The smallest absolute Gasteiger partial charge is 0.315 e. The van der Waals surface area contributed by atoms with Crippen molar-refractivity contribution in [3.8, 4) is 22.5 Å². The van der Waals surface area contributed by atoms with Crippen LogP contribution in [0, 0.1) is 0 Å². The molecule has 0 fully saturated rings. The molecule has 0 saturated carbocycles. The molecule has 31 heavy (non-hydrogen) atoms. The zero-order chi connectivity index (χ0) is 21.4. The number of urea groups is 1. The Labute approximate surface area is 177 Å². The van der Waals surface area contributed by atoms with Gasteiger partial charge in [-0.25, -0.2) is 9.78 Å². The van der Waals surface area contributed by atoms with Crippen LogP contribution >= 0.6 is 0 Å². The lowest BCUT2D eigenvalue weighted by molar-refractivity contribution is -0.136. The van der Waals surface area contributed by atoms with Gasteiger partial charge < -0.3 is 20.7 Å². The van der Waals surface area contributed by atoms with Gasteiger partial charge in [-0.2, -0.15) is 0 Å². The molecule has 8 nitrogen and oxygen atoms in total. The van der Waals surface area contributed by atoms with Gasteiger partial charge in [0.2, 0.25) is 0 Å². The number of hydrogen-bond acceptors (Lipinski definition) is 4. The maximum Gasteiger partial charge on any atom is 0.315 e. The first-order chi connectivity index (χ1) is 15.1. The molecule has 0 unspecified atom stereocenters. The highest BCUT2D eigenvalue weighted by Gasteiger charge is 2.32. The van der Waals surface area contributed by atoms with Gasteiger partial charge in [0, 0.05) is 18.3 Å². The van der Waals surface area contributed by atoms with Gasteiger partial charge in [0.1, 0.15) is 5.82 Å². The average molecular weight is 413 g/mol. The second-order valence-corrected chi connectivity index (χ2v) is 7.31. The second kappa shape index (κ2) is 7.56. The minimum Gasteiger partial charge on any atom is -0.481 e. The topological polar surface area (TPSA) is 120 Å². The lowest BCUT2D eigenvalue weighted by Gasteiger charge is -2.16. The molecule has 2 amide bonds. The molecule has 1 aliphatic carbocycles. The molecule has 0 radical (unpaired) electrons. The Morgan fingerprint density at radius 3 is 2.68 bits per heavy atom. The van der Waals surface area contributed by atoms with Crippen molar-refractivity contribution >= 4 is 23.0 Å². The fourth-order valence-electron chi connectivity index (χ4n) is 4.06. The quantitative estimate of drug-likeness (QED) is 0.399. The normalized spacial score (nSPS) is 14.1. The van der Waals surface area contributed by atoms with E-state index in [1.807, 2.05) is 48.5 Å². The molecular weight excluding hydrogens is 394 g/mol. The van der Waals surface area contributed by atoms with Crippen LogP contribution in [-0.4, -0.2) is 38.6 Å². The number of aliphatic carboxylic acids is 1. The monoisotopic (exact) mass is 413 g/mol. The van der Waals surface area contributed by atoms with Gasteiger partial charge in [0.25, 0.3) is 0 Å². The van der Waals surface area contributed by atoms with Gasteiger partial charge in [-0.15, -0.1) is 0 Å². The van der Waals surface area contributed by atoms with E-state index < -0.39 is 12.0 Å². The van der Waals surface area contributed by atoms with E-state index in [0.29, 0.717) is 0 Å². The highest BCUT2D eigenvalue weighted by molar-refractivity contribution is 5.92. The summed E-state index contributed by atoms with van der Waals surface area (Å²) in [7, 11) is 0. The Morgan fingerprint density at radius 2 is 1.84 bits per heavy atom. The largest absolute Gasteiger partial charge is 0.481 e. The molecule has 0 bridgehead atoms. The molecule has 2 aromatic carbocycles. The minimum absolute atomic E-state index is 0.0649. The number of carbonyl (C=O) groups excluding carboxylic acids is 1. The van der Waals surface area contributed by atoms with Crippen molar-refractivity contribution in [1.29, 1.82) is 0 Å². The van der Waals surface area contributed by atoms with E-state index in [0.717, 1.165) is 44.7 Å². The van der Waals surface area contributed by atoms with Crippen LogP contribution < -0.4 is 10.6 Å². The number of carboxylic acids is 1. The molecule has 0 saturated heterocycles. The third-order valence-electron chi connectivity index (χ3n) is 5.39. The van der Waals surface area contributed by atoms with E-state index >= 15 is 0 Å². The highest BCUT2D eigenvalue weighted by atomic mass is 16.4. The summed E-state index contributed by atoms with van der Waals surface area (Å²) in [4.78, 5) is 35.3. The predicted octanol–water partition coefficient (Wildman–Crippen LogP) is 3.47. The summed E-state index contributed by atoms with van der Waals surface area (Å²) in [5.74, 6) is -0.219. The van der Waals surface area contributed by atoms with E-state index in [1.54, 1.807) is 12.4 Å². The van der Waals surface area contributed by atoms with Crippen molar-refractivity contribution in [2.45, 2.75) is 12.5 Å². The molecule has 5 rings (SSSR count). The van der Waals surface area contributed by atoms with Gasteiger partial charge >= 0.3 is 12.0 Å². The summed E-state index contributed by atoms with van der Waals surface area (Å²) < 4.78 is 0. The van der Waals surface area contributed by atoms with E-state index in [1.165, 1.54) is 0 Å². The van der Waals surface area contributed by atoms with Gasteiger partial charge in [0.15, 0.2) is 0 Å². The van der Waals surface area contributed by atoms with Crippen LogP contribution in [0.25, 0.3) is 33.5 Å². The van der Waals surface area contributed by atoms with Crippen molar-refractivity contribution in [2.75, 3.05) is 6.54 Å². The summed E-state index contributed by atoms with van der Waals surface area (Å²) in [6.07, 6.45) is 3.33. The Balaban J connectivity index is 1.54. The summed E-state index contributed by atoms with van der Waals surface area (Å²) in [5, 5.41) is 14.4. The number of amides is 2. The number of pyridine rings is 1. The molecule has 1 atom stereocenters. The first kappa shape index (κ1) is 18.8. The van der Waals surface area contributed by atoms with Crippen LogP contribution in [0.2, 0.25) is 0 Å². The van der Waals surface area contributed by atoms with Crippen molar-refractivity contribution < 1.29 is 14.7 Å². The average Bonchev–Trinajstić information content (AvgIpc) is 3.33. The number of nitrogens with zero attached hydrogens (tertiary/aromatic N) is 2. The Bertz CT molecular complexity index is 1280. The molecule has 0 spiro atoms. The Kier molecular flexibility index (Phi) is 4.59. The standard InChI is InChI=1S/C23H19N5O3/c29-19(30)9-11-25-23(31)28-21-14-5-2-1-4-13(14)20-15(21)6-3-7-16(20)22-26-17-8-10-24-12-18(17)27-22/h1-8,10,12,21H,9,11H2,(H,26,27)(H,29,30)(H2,25,28,31)/t21-/m1/s1. The molecule has 2 heterocycles. The molecular formula is C23H19N5O3. The molecule has 4 aromatic rings. The van der Waals surface area contributed by atoms with Crippen LogP contribution in [0.5, 0.6) is 0 Å². The molecule has 8 heteroatoms. The van der Waals surface area contributed by atoms with Gasteiger partial charge in [-0.3, -0.25) is 9.78 Å². The number of fused-ring (bicyclic) bond motifs is 4. The van der Waals surface area contributed by atoms with Gasteiger partial charge in [0.05, 0.1) is 29.7 Å². The van der Waals surface area contributed by atoms with Crippen LogP contribution in [0.15, 0.2) is 60.9 Å². The predicted molar refractivity (Wildman–Crippen MR) is 115 cm³/mol.